The van der Waals surface area contributed by atoms with Crippen molar-refractivity contribution in [3.05, 3.63) is 38.3 Å². The monoisotopic (exact) mass is 436 g/mol. The molecule has 2 heterocycles. The van der Waals surface area contributed by atoms with Crippen molar-refractivity contribution in [1.82, 2.24) is 5.16 Å². The van der Waals surface area contributed by atoms with Gasteiger partial charge < -0.3 is 14.6 Å². The molecule has 0 unspecified atom stereocenters. The number of thiophene rings is 1. The quantitative estimate of drug-likeness (QED) is 0.588. The Hall–Kier alpha value is -1.71. The maximum atomic E-state index is 12.6. The van der Waals surface area contributed by atoms with Crippen molar-refractivity contribution in [2.75, 3.05) is 5.32 Å². The minimum atomic E-state index is -3.00. The second-order valence-electron chi connectivity index (χ2n) is 4.65. The number of amides is 1. The van der Waals surface area contributed by atoms with Crippen molar-refractivity contribution in [3.8, 4) is 5.75 Å². The van der Waals surface area contributed by atoms with E-state index in [1.165, 1.54) is 6.07 Å². The number of nitrogens with one attached hydrogen (secondary N) is 1. The fraction of sp³-hybridized carbons (Fsp3) is 0.143. The number of alkyl halides is 2. The van der Waals surface area contributed by atoms with Crippen molar-refractivity contribution >= 4 is 60.7 Å². The Morgan fingerprint density at radius 3 is 2.88 bits per heavy atom. The predicted molar refractivity (Wildman–Crippen MR) is 90.4 cm³/mol. The van der Waals surface area contributed by atoms with Gasteiger partial charge in [-0.05, 0) is 35.0 Å². The zero-order valence-electron chi connectivity index (χ0n) is 11.9. The molecule has 0 aliphatic heterocycles. The fourth-order valence-corrected chi connectivity index (χ4v) is 4.07. The van der Waals surface area contributed by atoms with Gasteiger partial charge in [-0.2, -0.15) is 8.78 Å². The maximum absolute atomic E-state index is 12.6. The van der Waals surface area contributed by atoms with Gasteiger partial charge in [0.2, 0.25) is 0 Å². The topological polar surface area (TPSA) is 64.4 Å². The minimum absolute atomic E-state index is 0.0321. The first kappa shape index (κ1) is 17.1. The summed E-state index contributed by atoms with van der Waals surface area (Å²) in [6.07, 6.45) is 0. The van der Waals surface area contributed by atoms with Crippen LogP contribution in [0.15, 0.2) is 27.2 Å². The van der Waals surface area contributed by atoms with Crippen molar-refractivity contribution < 1.29 is 22.8 Å². The summed E-state index contributed by atoms with van der Waals surface area (Å²) >= 11 is 10.6. The third kappa shape index (κ3) is 3.24. The third-order valence-electron chi connectivity index (χ3n) is 2.99. The SMILES string of the molecule is Cc1cc(NC(=O)c2sc3c(Br)ccc(OC(F)F)c3c2Cl)no1. The molecule has 0 atom stereocenters. The number of aryl methyl sites for hydroxylation is 1. The van der Waals surface area contributed by atoms with Crippen LogP contribution in [0.1, 0.15) is 15.4 Å². The highest BCUT2D eigenvalue weighted by Gasteiger charge is 2.23. The van der Waals surface area contributed by atoms with E-state index in [-0.39, 0.29) is 26.9 Å². The van der Waals surface area contributed by atoms with Crippen molar-refractivity contribution in [2.45, 2.75) is 13.5 Å². The van der Waals surface area contributed by atoms with E-state index in [0.717, 1.165) is 11.3 Å². The number of hydrogen-bond donors (Lipinski definition) is 1. The van der Waals surface area contributed by atoms with Gasteiger partial charge >= 0.3 is 6.61 Å². The first-order valence-electron chi connectivity index (χ1n) is 6.46. The highest BCUT2D eigenvalue weighted by Crippen LogP contribution is 2.44. The molecule has 5 nitrogen and oxygen atoms in total. The summed E-state index contributed by atoms with van der Waals surface area (Å²) in [5.74, 6) is 0.141. The molecule has 1 amide bonds. The smallest absolute Gasteiger partial charge is 0.387 e. The largest absolute Gasteiger partial charge is 0.434 e. The van der Waals surface area contributed by atoms with E-state index in [0.29, 0.717) is 14.9 Å². The molecule has 3 aromatic rings. The van der Waals surface area contributed by atoms with Crippen LogP contribution in [0.2, 0.25) is 5.02 Å². The van der Waals surface area contributed by atoms with Crippen LogP contribution < -0.4 is 10.1 Å². The van der Waals surface area contributed by atoms with E-state index in [4.69, 9.17) is 16.1 Å². The second-order valence-corrected chi connectivity index (χ2v) is 6.90. The Morgan fingerprint density at radius 2 is 2.25 bits per heavy atom. The molecule has 24 heavy (non-hydrogen) atoms. The van der Waals surface area contributed by atoms with Crippen LogP contribution in [0, 0.1) is 6.92 Å². The molecule has 126 valence electrons. The van der Waals surface area contributed by atoms with E-state index < -0.39 is 12.5 Å². The van der Waals surface area contributed by atoms with E-state index >= 15 is 0 Å². The van der Waals surface area contributed by atoms with Gasteiger partial charge in [-0.15, -0.1) is 11.3 Å². The lowest BCUT2D eigenvalue weighted by Gasteiger charge is -2.06. The van der Waals surface area contributed by atoms with Crippen molar-refractivity contribution in [1.29, 1.82) is 0 Å². The predicted octanol–water partition coefficient (Wildman–Crippen LogP) is 5.47. The molecular weight excluding hydrogens is 430 g/mol. The summed E-state index contributed by atoms with van der Waals surface area (Å²) in [5, 5.41) is 6.48. The molecule has 0 aliphatic rings. The van der Waals surface area contributed by atoms with Crippen LogP contribution >= 0.6 is 38.9 Å². The molecule has 0 saturated heterocycles. The Balaban J connectivity index is 2.04. The highest BCUT2D eigenvalue weighted by atomic mass is 79.9. The lowest BCUT2D eigenvalue weighted by Crippen LogP contribution is -2.10. The Bertz CT molecular complexity index is 928. The first-order valence-corrected chi connectivity index (χ1v) is 8.45. The molecule has 1 aromatic carbocycles. The number of benzene rings is 1. The van der Waals surface area contributed by atoms with E-state index in [1.807, 2.05) is 0 Å². The number of aromatic nitrogens is 1. The summed E-state index contributed by atoms with van der Waals surface area (Å²) < 4.78 is 35.6. The standard InChI is InChI=1S/C14H8BrClF2N2O3S/c1-5-4-8(20-23-5)19-13(21)12-10(16)9-7(22-14(17)18)3-2-6(15)11(9)24-12/h2-4,14H,1H3,(H,19,20,21). The van der Waals surface area contributed by atoms with Gasteiger partial charge in [0.25, 0.3) is 5.91 Å². The lowest BCUT2D eigenvalue weighted by atomic mass is 10.2. The van der Waals surface area contributed by atoms with Gasteiger partial charge in [-0.25, -0.2) is 0 Å². The third-order valence-corrected chi connectivity index (χ3v) is 5.62. The van der Waals surface area contributed by atoms with Crippen molar-refractivity contribution in [3.63, 3.8) is 0 Å². The fourth-order valence-electron chi connectivity index (χ4n) is 2.05. The van der Waals surface area contributed by atoms with Crippen LogP contribution in [0.25, 0.3) is 10.1 Å². The number of nitrogens with zero attached hydrogens (tertiary/aromatic N) is 1. The number of halogens is 4. The summed E-state index contributed by atoms with van der Waals surface area (Å²) in [6, 6.07) is 4.45. The number of hydrogen-bond acceptors (Lipinski definition) is 5. The molecule has 0 saturated carbocycles. The van der Waals surface area contributed by atoms with Crippen molar-refractivity contribution in [2.24, 2.45) is 0 Å². The van der Waals surface area contributed by atoms with Gasteiger partial charge in [0, 0.05) is 10.5 Å². The second kappa shape index (κ2) is 6.66. The van der Waals surface area contributed by atoms with E-state index in [2.05, 4.69) is 31.1 Å². The average molecular weight is 438 g/mol. The Morgan fingerprint density at radius 1 is 1.50 bits per heavy atom. The molecule has 1 N–H and O–H groups in total. The number of rotatable bonds is 4. The van der Waals surface area contributed by atoms with Crippen LogP contribution in [-0.4, -0.2) is 17.7 Å². The van der Waals surface area contributed by atoms with Crippen LogP contribution in [0.4, 0.5) is 14.6 Å². The van der Waals surface area contributed by atoms with Crippen LogP contribution in [-0.2, 0) is 0 Å². The molecule has 0 spiro atoms. The molecule has 3 rings (SSSR count). The lowest BCUT2D eigenvalue weighted by molar-refractivity contribution is -0.0487. The van der Waals surface area contributed by atoms with Gasteiger partial charge in [0.1, 0.15) is 16.4 Å². The summed E-state index contributed by atoms with van der Waals surface area (Å²) in [4.78, 5) is 12.5. The van der Waals surface area contributed by atoms with Gasteiger partial charge in [0.05, 0.1) is 15.1 Å². The molecule has 0 bridgehead atoms. The molecular formula is C14H8BrClF2N2O3S. The van der Waals surface area contributed by atoms with Gasteiger partial charge in [0.15, 0.2) is 5.82 Å². The average Bonchev–Trinajstić information content (AvgIpc) is 3.06. The molecule has 0 radical (unpaired) electrons. The number of ether oxygens (including phenoxy) is 1. The summed E-state index contributed by atoms with van der Waals surface area (Å²) in [6.45, 7) is -1.32. The highest BCUT2D eigenvalue weighted by molar-refractivity contribution is 9.10. The van der Waals surface area contributed by atoms with Crippen LogP contribution in [0.3, 0.4) is 0 Å². The number of carbonyl (C=O) groups excluding carboxylic acids is 1. The molecule has 0 fully saturated rings. The Kier molecular flexibility index (Phi) is 4.75. The first-order chi connectivity index (χ1) is 11.4. The number of anilines is 1. The zero-order chi connectivity index (χ0) is 17.4. The normalized spacial score (nSPS) is 11.2. The minimum Gasteiger partial charge on any atom is -0.434 e. The zero-order valence-corrected chi connectivity index (χ0v) is 15.1. The Labute approximate surface area is 151 Å². The number of fused-ring (bicyclic) bond motifs is 1. The molecule has 10 heteroatoms. The van der Waals surface area contributed by atoms with Gasteiger partial charge in [-0.1, -0.05) is 16.8 Å². The molecule has 2 aromatic heterocycles. The maximum Gasteiger partial charge on any atom is 0.387 e. The van der Waals surface area contributed by atoms with Crippen LogP contribution in [0.5, 0.6) is 5.75 Å². The van der Waals surface area contributed by atoms with E-state index in [1.54, 1.807) is 19.1 Å². The summed E-state index contributed by atoms with van der Waals surface area (Å²) in [5.41, 5.74) is 0. The molecule has 0 aliphatic carbocycles. The number of carbonyl (C=O) groups is 1. The van der Waals surface area contributed by atoms with E-state index in [9.17, 15) is 13.6 Å². The van der Waals surface area contributed by atoms with Gasteiger partial charge in [-0.3, -0.25) is 4.79 Å². The summed E-state index contributed by atoms with van der Waals surface area (Å²) in [7, 11) is 0.